The van der Waals surface area contributed by atoms with Gasteiger partial charge in [-0.3, -0.25) is 10.1 Å². The van der Waals surface area contributed by atoms with Crippen LogP contribution in [0, 0.1) is 11.3 Å². The zero-order valence-electron chi connectivity index (χ0n) is 6.63. The van der Waals surface area contributed by atoms with Gasteiger partial charge < -0.3 is 4.90 Å². The highest BCUT2D eigenvalue weighted by atomic mass is 19.4. The molecule has 1 rings (SSSR count). The van der Waals surface area contributed by atoms with Crippen LogP contribution in [0.3, 0.4) is 0 Å². The van der Waals surface area contributed by atoms with E-state index in [1.807, 2.05) is 0 Å². The number of carbonyl (C=O) groups excluding carboxylic acids is 2. The second-order valence-corrected chi connectivity index (χ2v) is 2.55. The summed E-state index contributed by atoms with van der Waals surface area (Å²) in [6.45, 7) is 0.0491. The van der Waals surface area contributed by atoms with Crippen molar-refractivity contribution in [3.63, 3.8) is 0 Å². The Morgan fingerprint density at radius 2 is 2.07 bits per heavy atom. The number of urea groups is 1. The third kappa shape index (κ3) is 2.12. The summed E-state index contributed by atoms with van der Waals surface area (Å²) in [5, 5.41) is 9.36. The molecule has 14 heavy (non-hydrogen) atoms. The van der Waals surface area contributed by atoms with Crippen LogP contribution >= 0.6 is 0 Å². The van der Waals surface area contributed by atoms with Crippen molar-refractivity contribution in [3.8, 4) is 6.07 Å². The van der Waals surface area contributed by atoms with Crippen LogP contribution < -0.4 is 5.32 Å². The molecule has 1 fully saturated rings. The molecule has 0 bridgehead atoms. The van der Waals surface area contributed by atoms with Crippen LogP contribution in [0.4, 0.5) is 18.0 Å². The number of alkyl halides is 3. The van der Waals surface area contributed by atoms with E-state index in [2.05, 4.69) is 0 Å². The molecule has 0 aromatic heterocycles. The largest absolute Gasteiger partial charge is 0.471 e. The molecular weight excluding hydrogens is 203 g/mol. The first-order valence-electron chi connectivity index (χ1n) is 3.44. The number of rotatable bonds is 0. The van der Waals surface area contributed by atoms with Gasteiger partial charge in [-0.2, -0.15) is 18.4 Å². The summed E-state index contributed by atoms with van der Waals surface area (Å²) in [6, 6.07) is -0.267. The van der Waals surface area contributed by atoms with Gasteiger partial charge >= 0.3 is 18.1 Å². The summed E-state index contributed by atoms with van der Waals surface area (Å²) in [4.78, 5) is 21.8. The zero-order valence-corrected chi connectivity index (χ0v) is 6.63. The van der Waals surface area contributed by atoms with E-state index in [0.717, 1.165) is 10.2 Å². The molecule has 1 N–H and O–H groups in total. The Bertz CT molecular complexity index is 319. The van der Waals surface area contributed by atoms with Gasteiger partial charge in [0, 0.05) is 0 Å². The summed E-state index contributed by atoms with van der Waals surface area (Å²) in [7, 11) is 0. The van der Waals surface area contributed by atoms with Crippen LogP contribution in [0.2, 0.25) is 0 Å². The van der Waals surface area contributed by atoms with Crippen molar-refractivity contribution in [2.24, 2.45) is 0 Å². The van der Waals surface area contributed by atoms with Crippen molar-refractivity contribution < 1.29 is 22.8 Å². The summed E-state index contributed by atoms with van der Waals surface area (Å²) in [5.41, 5.74) is 0. The molecule has 1 unspecified atom stereocenters. The van der Waals surface area contributed by atoms with E-state index in [9.17, 15) is 22.8 Å². The number of carbonyl (C=O) groups is 2. The van der Waals surface area contributed by atoms with E-state index < -0.39 is 24.2 Å². The van der Waals surface area contributed by atoms with Crippen LogP contribution in [0.5, 0.6) is 0 Å². The highest BCUT2D eigenvalue weighted by Crippen LogP contribution is 2.18. The molecule has 76 valence electrons. The van der Waals surface area contributed by atoms with Gasteiger partial charge in [0.1, 0.15) is 6.04 Å². The minimum atomic E-state index is -5.09. The monoisotopic (exact) mass is 207 g/mol. The average molecular weight is 207 g/mol. The molecule has 0 aromatic carbocycles. The first kappa shape index (κ1) is 10.3. The molecule has 0 aliphatic carbocycles. The minimum Gasteiger partial charge on any atom is -0.303 e. The van der Waals surface area contributed by atoms with Gasteiger partial charge in [-0.15, -0.1) is 0 Å². The highest BCUT2D eigenvalue weighted by molar-refractivity contribution is 5.98. The van der Waals surface area contributed by atoms with Crippen LogP contribution in [-0.2, 0) is 4.79 Å². The van der Waals surface area contributed by atoms with Gasteiger partial charge in [-0.05, 0) is 0 Å². The van der Waals surface area contributed by atoms with Crippen LogP contribution in [0.1, 0.15) is 0 Å². The quantitative estimate of drug-likeness (QED) is 0.568. The number of nitrogens with zero attached hydrogens (tertiary/aromatic N) is 2. The SMILES string of the molecule is N#CC1CN1C(=O)NC(=O)C(F)(F)F. The van der Waals surface area contributed by atoms with Crippen molar-refractivity contribution in [2.45, 2.75) is 12.2 Å². The van der Waals surface area contributed by atoms with Crippen molar-refractivity contribution in [2.75, 3.05) is 6.54 Å². The van der Waals surface area contributed by atoms with Gasteiger partial charge in [0.05, 0.1) is 12.6 Å². The molecule has 1 heterocycles. The number of nitriles is 1. The number of hydrogen-bond acceptors (Lipinski definition) is 3. The molecule has 8 heteroatoms. The van der Waals surface area contributed by atoms with Crippen molar-refractivity contribution in [1.29, 1.82) is 5.26 Å². The number of nitrogens with one attached hydrogen (secondary N) is 1. The molecule has 1 saturated heterocycles. The Morgan fingerprint density at radius 3 is 2.43 bits per heavy atom. The van der Waals surface area contributed by atoms with Gasteiger partial charge in [0.25, 0.3) is 0 Å². The summed E-state index contributed by atoms with van der Waals surface area (Å²) < 4.78 is 34.9. The number of hydrogen-bond donors (Lipinski definition) is 1. The Labute approximate surface area is 76.1 Å². The molecule has 0 aromatic rings. The molecule has 0 saturated carbocycles. The average Bonchev–Trinajstić information content (AvgIpc) is 2.80. The molecule has 1 aliphatic rings. The van der Waals surface area contributed by atoms with Gasteiger partial charge in [0.15, 0.2) is 0 Å². The van der Waals surface area contributed by atoms with E-state index >= 15 is 0 Å². The van der Waals surface area contributed by atoms with Crippen molar-refractivity contribution >= 4 is 11.9 Å². The standard InChI is InChI=1S/C6H4F3N3O2/c7-6(8,9)4(13)11-5(14)12-2-3(12)1-10/h3H,2H2,(H,11,13,14). The van der Waals surface area contributed by atoms with E-state index in [1.54, 1.807) is 6.07 Å². The predicted molar refractivity (Wildman–Crippen MR) is 35.7 cm³/mol. The summed E-state index contributed by atoms with van der Waals surface area (Å²) >= 11 is 0. The molecular formula is C6H4F3N3O2. The molecule has 1 aliphatic heterocycles. The number of imide groups is 1. The fourth-order valence-corrected chi connectivity index (χ4v) is 0.714. The molecule has 5 nitrogen and oxygen atoms in total. The van der Waals surface area contributed by atoms with E-state index in [-0.39, 0.29) is 6.54 Å². The molecule has 1 atom stereocenters. The third-order valence-electron chi connectivity index (χ3n) is 1.50. The normalized spacial score (nSPS) is 19.9. The fraction of sp³-hybridized carbons (Fsp3) is 0.500. The van der Waals surface area contributed by atoms with Crippen LogP contribution in [0.25, 0.3) is 0 Å². The van der Waals surface area contributed by atoms with Gasteiger partial charge in [-0.25, -0.2) is 4.79 Å². The molecule has 3 amide bonds. The molecule has 0 spiro atoms. The van der Waals surface area contributed by atoms with E-state index in [1.165, 1.54) is 0 Å². The fourth-order valence-electron chi connectivity index (χ4n) is 0.714. The topological polar surface area (TPSA) is 73.0 Å². The Balaban J connectivity index is 2.44. The summed E-state index contributed by atoms with van der Waals surface area (Å²) in [6.07, 6.45) is -5.09. The van der Waals surface area contributed by atoms with Gasteiger partial charge in [0.2, 0.25) is 0 Å². The second-order valence-electron chi connectivity index (χ2n) is 2.55. The Hall–Kier alpha value is -1.78. The maximum absolute atomic E-state index is 11.6. The maximum atomic E-state index is 11.6. The number of amides is 3. The minimum absolute atomic E-state index is 0.0491. The first-order valence-corrected chi connectivity index (χ1v) is 3.44. The lowest BCUT2D eigenvalue weighted by molar-refractivity contribution is -0.172. The van der Waals surface area contributed by atoms with Crippen molar-refractivity contribution in [1.82, 2.24) is 10.2 Å². The smallest absolute Gasteiger partial charge is 0.303 e. The van der Waals surface area contributed by atoms with Crippen LogP contribution in [0.15, 0.2) is 0 Å². The van der Waals surface area contributed by atoms with Crippen molar-refractivity contribution in [3.05, 3.63) is 0 Å². The second kappa shape index (κ2) is 3.17. The first-order chi connectivity index (χ1) is 6.36. The third-order valence-corrected chi connectivity index (χ3v) is 1.50. The lowest BCUT2D eigenvalue weighted by Gasteiger charge is -2.06. The Kier molecular flexibility index (Phi) is 2.33. The zero-order chi connectivity index (χ0) is 10.9. The number of halogens is 3. The van der Waals surface area contributed by atoms with Gasteiger partial charge in [-0.1, -0.05) is 0 Å². The molecule has 0 radical (unpaired) electrons. The van der Waals surface area contributed by atoms with Crippen LogP contribution in [-0.4, -0.2) is 35.6 Å². The summed E-state index contributed by atoms with van der Waals surface area (Å²) in [5.74, 6) is -2.33. The highest BCUT2D eigenvalue weighted by Gasteiger charge is 2.44. The predicted octanol–water partition coefficient (Wildman–Crippen LogP) is -0.00732. The lowest BCUT2D eigenvalue weighted by Crippen LogP contribution is -2.43. The van der Waals surface area contributed by atoms with E-state index in [0.29, 0.717) is 0 Å². The lowest BCUT2D eigenvalue weighted by atomic mass is 10.5. The Morgan fingerprint density at radius 1 is 1.50 bits per heavy atom. The van der Waals surface area contributed by atoms with E-state index in [4.69, 9.17) is 5.26 Å². The maximum Gasteiger partial charge on any atom is 0.471 e.